The third-order valence-electron chi connectivity index (χ3n) is 3.98. The molecule has 1 aliphatic heterocycles. The predicted octanol–water partition coefficient (Wildman–Crippen LogP) is 3.91. The number of hydrogen-bond acceptors (Lipinski definition) is 4. The molecule has 0 saturated carbocycles. The third kappa shape index (κ3) is 3.47. The number of hydrogen-bond donors (Lipinski definition) is 1. The Hall–Kier alpha value is -1.33. The topological polar surface area (TPSA) is 39.1 Å². The summed E-state index contributed by atoms with van der Waals surface area (Å²) in [4.78, 5) is 2.75. The fraction of sp³-hybridized carbons (Fsp3) is 0.562. The standard InChI is InChI=1S/C16H23N3OS/c1-11-7-16(13(3)21-11)12(2)18-14-8-17-19(9-14)10-15-5-4-6-20-15/h7-9,12,15,18H,4-6,10H2,1-3H3. The van der Waals surface area contributed by atoms with Crippen molar-refractivity contribution in [2.24, 2.45) is 0 Å². The highest BCUT2D eigenvalue weighted by atomic mass is 32.1. The average Bonchev–Trinajstić information content (AvgIpc) is 3.13. The van der Waals surface area contributed by atoms with E-state index in [0.29, 0.717) is 12.1 Å². The molecular formula is C16H23N3OS. The van der Waals surface area contributed by atoms with Crippen molar-refractivity contribution in [3.63, 3.8) is 0 Å². The molecule has 2 unspecified atom stereocenters. The summed E-state index contributed by atoms with van der Waals surface area (Å²) in [5.74, 6) is 0. The van der Waals surface area contributed by atoms with Gasteiger partial charge in [-0.2, -0.15) is 5.10 Å². The van der Waals surface area contributed by atoms with E-state index in [0.717, 1.165) is 25.3 Å². The first-order valence-electron chi connectivity index (χ1n) is 7.59. The molecule has 1 N–H and O–H groups in total. The van der Waals surface area contributed by atoms with E-state index in [-0.39, 0.29) is 0 Å². The summed E-state index contributed by atoms with van der Waals surface area (Å²) in [5.41, 5.74) is 2.45. The van der Waals surface area contributed by atoms with E-state index >= 15 is 0 Å². The molecule has 114 valence electrons. The molecule has 0 aromatic carbocycles. The summed E-state index contributed by atoms with van der Waals surface area (Å²) in [6.45, 7) is 8.29. The smallest absolute Gasteiger partial charge is 0.0771 e. The van der Waals surface area contributed by atoms with Gasteiger partial charge in [0.25, 0.3) is 0 Å². The zero-order valence-electron chi connectivity index (χ0n) is 12.9. The van der Waals surface area contributed by atoms with Gasteiger partial charge in [-0.3, -0.25) is 4.68 Å². The normalized spacial score (nSPS) is 19.9. The van der Waals surface area contributed by atoms with Gasteiger partial charge in [-0.25, -0.2) is 0 Å². The van der Waals surface area contributed by atoms with Crippen molar-refractivity contribution in [2.45, 2.75) is 52.3 Å². The quantitative estimate of drug-likeness (QED) is 0.910. The molecule has 2 aromatic rings. The van der Waals surface area contributed by atoms with E-state index in [4.69, 9.17) is 4.74 Å². The zero-order chi connectivity index (χ0) is 14.8. The molecule has 3 rings (SSSR count). The second-order valence-electron chi connectivity index (χ2n) is 5.82. The summed E-state index contributed by atoms with van der Waals surface area (Å²) in [6, 6.07) is 2.57. The molecule has 2 atom stereocenters. The average molecular weight is 305 g/mol. The van der Waals surface area contributed by atoms with Crippen LogP contribution < -0.4 is 5.32 Å². The minimum absolute atomic E-state index is 0.301. The fourth-order valence-corrected chi connectivity index (χ4v) is 3.97. The fourth-order valence-electron chi connectivity index (χ4n) is 2.94. The monoisotopic (exact) mass is 305 g/mol. The summed E-state index contributed by atoms with van der Waals surface area (Å²) >= 11 is 1.86. The van der Waals surface area contributed by atoms with Crippen molar-refractivity contribution in [2.75, 3.05) is 11.9 Å². The van der Waals surface area contributed by atoms with Crippen LogP contribution in [0.3, 0.4) is 0 Å². The molecule has 21 heavy (non-hydrogen) atoms. The maximum absolute atomic E-state index is 5.66. The molecule has 0 amide bonds. The molecule has 0 aliphatic carbocycles. The van der Waals surface area contributed by atoms with Crippen molar-refractivity contribution in [1.29, 1.82) is 0 Å². The molecule has 1 aliphatic rings. The molecule has 0 bridgehead atoms. The zero-order valence-corrected chi connectivity index (χ0v) is 13.7. The number of aromatic nitrogens is 2. The Morgan fingerprint density at radius 1 is 1.52 bits per heavy atom. The van der Waals surface area contributed by atoms with Crippen LogP contribution in [0.25, 0.3) is 0 Å². The summed E-state index contributed by atoms with van der Waals surface area (Å²) < 4.78 is 7.64. The highest BCUT2D eigenvalue weighted by Gasteiger charge is 2.17. The molecule has 0 radical (unpaired) electrons. The van der Waals surface area contributed by atoms with E-state index in [9.17, 15) is 0 Å². The summed E-state index contributed by atoms with van der Waals surface area (Å²) in [5, 5.41) is 7.97. The molecule has 2 aromatic heterocycles. The van der Waals surface area contributed by atoms with Crippen molar-refractivity contribution in [1.82, 2.24) is 9.78 Å². The van der Waals surface area contributed by atoms with Crippen LogP contribution in [0.15, 0.2) is 18.5 Å². The van der Waals surface area contributed by atoms with Crippen LogP contribution in [0.2, 0.25) is 0 Å². The van der Waals surface area contributed by atoms with E-state index < -0.39 is 0 Å². The van der Waals surface area contributed by atoms with Gasteiger partial charge in [0, 0.05) is 28.6 Å². The Kier molecular flexibility index (Phi) is 4.31. The number of rotatable bonds is 5. The summed E-state index contributed by atoms with van der Waals surface area (Å²) in [6.07, 6.45) is 6.63. The van der Waals surface area contributed by atoms with Gasteiger partial charge in [-0.1, -0.05) is 0 Å². The minimum Gasteiger partial charge on any atom is -0.376 e. The SMILES string of the molecule is Cc1cc(C(C)Nc2cnn(CC3CCCO3)c2)c(C)s1. The van der Waals surface area contributed by atoms with Gasteiger partial charge in [0.15, 0.2) is 0 Å². The van der Waals surface area contributed by atoms with Crippen molar-refractivity contribution >= 4 is 17.0 Å². The highest BCUT2D eigenvalue weighted by molar-refractivity contribution is 7.12. The predicted molar refractivity (Wildman–Crippen MR) is 87.0 cm³/mol. The van der Waals surface area contributed by atoms with Crippen LogP contribution in [0, 0.1) is 13.8 Å². The highest BCUT2D eigenvalue weighted by Crippen LogP contribution is 2.28. The van der Waals surface area contributed by atoms with Crippen molar-refractivity contribution < 1.29 is 4.74 Å². The van der Waals surface area contributed by atoms with Crippen LogP contribution in [0.5, 0.6) is 0 Å². The van der Waals surface area contributed by atoms with Gasteiger partial charge in [-0.15, -0.1) is 11.3 Å². The number of ether oxygens (including phenoxy) is 1. The first-order chi connectivity index (χ1) is 10.1. The van der Waals surface area contributed by atoms with Gasteiger partial charge < -0.3 is 10.1 Å². The maximum atomic E-state index is 5.66. The largest absolute Gasteiger partial charge is 0.376 e. The van der Waals surface area contributed by atoms with Gasteiger partial charge >= 0.3 is 0 Å². The van der Waals surface area contributed by atoms with Gasteiger partial charge in [0.1, 0.15) is 0 Å². The minimum atomic E-state index is 0.301. The van der Waals surface area contributed by atoms with Crippen molar-refractivity contribution in [3.05, 3.63) is 33.8 Å². The Morgan fingerprint density at radius 2 is 2.38 bits per heavy atom. The molecule has 3 heterocycles. The lowest BCUT2D eigenvalue weighted by Gasteiger charge is -2.13. The van der Waals surface area contributed by atoms with Gasteiger partial charge in [-0.05, 0) is 45.2 Å². The van der Waals surface area contributed by atoms with Gasteiger partial charge in [0.05, 0.1) is 24.5 Å². The molecule has 1 fully saturated rings. The molecule has 0 spiro atoms. The van der Waals surface area contributed by atoms with Crippen LogP contribution >= 0.6 is 11.3 Å². The van der Waals surface area contributed by atoms with E-state index in [2.05, 4.69) is 43.4 Å². The molecule has 5 heteroatoms. The number of thiophene rings is 1. The van der Waals surface area contributed by atoms with Crippen LogP contribution in [0.1, 0.15) is 41.1 Å². The van der Waals surface area contributed by atoms with E-state index in [1.165, 1.54) is 21.7 Å². The Balaban J connectivity index is 1.62. The lowest BCUT2D eigenvalue weighted by Crippen LogP contribution is -2.15. The number of nitrogens with zero attached hydrogens (tertiary/aromatic N) is 2. The van der Waals surface area contributed by atoms with Gasteiger partial charge in [0.2, 0.25) is 0 Å². The Labute approximate surface area is 130 Å². The Bertz CT molecular complexity index is 598. The lowest BCUT2D eigenvalue weighted by atomic mass is 10.1. The second-order valence-corrected chi connectivity index (χ2v) is 7.28. The first kappa shape index (κ1) is 14.6. The number of nitrogens with one attached hydrogen (secondary N) is 1. The number of anilines is 1. The van der Waals surface area contributed by atoms with Crippen molar-refractivity contribution in [3.8, 4) is 0 Å². The number of aryl methyl sites for hydroxylation is 2. The van der Waals surface area contributed by atoms with Crippen LogP contribution in [0.4, 0.5) is 5.69 Å². The van der Waals surface area contributed by atoms with E-state index in [1.807, 2.05) is 22.2 Å². The molecule has 1 saturated heterocycles. The summed E-state index contributed by atoms with van der Waals surface area (Å²) in [7, 11) is 0. The van der Waals surface area contributed by atoms with Crippen LogP contribution in [-0.4, -0.2) is 22.5 Å². The molecule has 4 nitrogen and oxygen atoms in total. The van der Waals surface area contributed by atoms with Crippen LogP contribution in [-0.2, 0) is 11.3 Å². The van der Waals surface area contributed by atoms with E-state index in [1.54, 1.807) is 0 Å². The molecular weight excluding hydrogens is 282 g/mol. The maximum Gasteiger partial charge on any atom is 0.0771 e. The lowest BCUT2D eigenvalue weighted by molar-refractivity contribution is 0.0940. The second kappa shape index (κ2) is 6.20. The Morgan fingerprint density at radius 3 is 3.05 bits per heavy atom. The third-order valence-corrected chi connectivity index (χ3v) is 4.96. The first-order valence-corrected chi connectivity index (χ1v) is 8.41.